The smallest absolute Gasteiger partial charge is 0.160 e. The minimum atomic E-state index is 0.685. The lowest BCUT2D eigenvalue weighted by atomic mass is 9.96. The third kappa shape index (κ3) is 7.08. The normalized spacial score (nSPS) is 11.6. The van der Waals surface area contributed by atoms with Gasteiger partial charge in [-0.2, -0.15) is 0 Å². The van der Waals surface area contributed by atoms with Crippen molar-refractivity contribution in [3.05, 3.63) is 254 Å². The van der Waals surface area contributed by atoms with Crippen LogP contribution in [0.25, 0.3) is 122 Å². The zero-order chi connectivity index (χ0) is 46.7. The molecule has 4 heteroatoms. The molecule has 13 aromatic rings. The predicted molar refractivity (Wildman–Crippen MR) is 293 cm³/mol. The van der Waals surface area contributed by atoms with E-state index in [0.717, 1.165) is 72.6 Å². The number of hydrogen-bond donors (Lipinski definition) is 0. The van der Waals surface area contributed by atoms with Crippen LogP contribution in [0, 0.1) is 13.8 Å². The molecule has 0 aliphatic rings. The van der Waals surface area contributed by atoms with Gasteiger partial charge in [0.2, 0.25) is 0 Å². The summed E-state index contributed by atoms with van der Waals surface area (Å²) in [6.07, 6.45) is 0. The quantitative estimate of drug-likeness (QED) is 0.152. The first-order chi connectivity index (χ1) is 34.5. The van der Waals surface area contributed by atoms with E-state index in [1.165, 1.54) is 54.9 Å². The van der Waals surface area contributed by atoms with Crippen molar-refractivity contribution in [2.45, 2.75) is 13.8 Å². The van der Waals surface area contributed by atoms with Gasteiger partial charge in [0.15, 0.2) is 5.82 Å². The van der Waals surface area contributed by atoms with Gasteiger partial charge in [0.05, 0.1) is 44.8 Å². The van der Waals surface area contributed by atoms with Crippen molar-refractivity contribution < 1.29 is 0 Å². The van der Waals surface area contributed by atoms with E-state index < -0.39 is 0 Å². The van der Waals surface area contributed by atoms with Gasteiger partial charge >= 0.3 is 0 Å². The first-order valence-electron chi connectivity index (χ1n) is 24.0. The fraction of sp³-hybridized carbons (Fsp3) is 0.0303. The highest BCUT2D eigenvalue weighted by Gasteiger charge is 2.22. The average Bonchev–Trinajstić information content (AvgIpc) is 3.93. The molecular formula is C66H46N4. The summed E-state index contributed by atoms with van der Waals surface area (Å²) in [4.78, 5) is 10.5. The van der Waals surface area contributed by atoms with Crippen LogP contribution in [0.15, 0.2) is 243 Å². The van der Waals surface area contributed by atoms with Crippen LogP contribution >= 0.6 is 0 Å². The fourth-order valence-electron chi connectivity index (χ4n) is 10.4. The summed E-state index contributed by atoms with van der Waals surface area (Å²) >= 11 is 0. The predicted octanol–water partition coefficient (Wildman–Crippen LogP) is 17.3. The van der Waals surface area contributed by atoms with Gasteiger partial charge in [-0.05, 0) is 96.8 Å². The van der Waals surface area contributed by atoms with Crippen molar-refractivity contribution in [2.24, 2.45) is 0 Å². The highest BCUT2D eigenvalue weighted by atomic mass is 15.0. The summed E-state index contributed by atoms with van der Waals surface area (Å²) in [5.41, 5.74) is 21.0. The van der Waals surface area contributed by atoms with Crippen molar-refractivity contribution in [1.29, 1.82) is 0 Å². The van der Waals surface area contributed by atoms with Crippen LogP contribution in [0.2, 0.25) is 0 Å². The maximum absolute atomic E-state index is 5.34. The molecule has 0 saturated carbocycles. The van der Waals surface area contributed by atoms with E-state index in [0.29, 0.717) is 5.82 Å². The summed E-state index contributed by atoms with van der Waals surface area (Å²) in [7, 11) is 0. The standard InChI is InChI=1S/C66H46N4/c1-43-25-29-45(30-26-43)49-33-36-63-55(39-49)52-19-9-12-22-60(52)69(63)61-23-13-11-21-54(61)57-41-51(59-42-58(47-15-5-3-6-16-47)67-66(68-59)48-17-7-4-8-18-48)35-38-65(57)70-62-24-14-10-20-53(62)56-40-50(34-37-64(56)70)46-31-27-44(2)28-32-46/h3-42H,1-2H3. The SMILES string of the molecule is Cc1ccc(-c2ccc3c(c2)c2ccccc2n3-c2ccccc2-c2cc(-c3cc(-c4ccccc4)nc(-c4ccccc4)n3)ccc2-n2c3ccccc3c3cc(-c4ccc(C)cc4)ccc32)cc1. The van der Waals surface area contributed by atoms with Crippen molar-refractivity contribution >= 4 is 43.6 Å². The minimum absolute atomic E-state index is 0.685. The molecular weight excluding hydrogens is 849 g/mol. The van der Waals surface area contributed by atoms with E-state index in [4.69, 9.17) is 9.97 Å². The molecule has 4 nitrogen and oxygen atoms in total. The van der Waals surface area contributed by atoms with Crippen LogP contribution in [-0.4, -0.2) is 19.1 Å². The molecule has 0 aliphatic heterocycles. The van der Waals surface area contributed by atoms with Crippen LogP contribution in [-0.2, 0) is 0 Å². The minimum Gasteiger partial charge on any atom is -0.309 e. The summed E-state index contributed by atoms with van der Waals surface area (Å²) in [5.74, 6) is 0.685. The number of benzene rings is 10. The van der Waals surface area contributed by atoms with Crippen LogP contribution in [0.1, 0.15) is 11.1 Å². The summed E-state index contributed by atoms with van der Waals surface area (Å²) < 4.78 is 4.92. The molecule has 0 radical (unpaired) electrons. The van der Waals surface area contributed by atoms with Gasteiger partial charge in [0.1, 0.15) is 0 Å². The van der Waals surface area contributed by atoms with E-state index >= 15 is 0 Å². The zero-order valence-corrected chi connectivity index (χ0v) is 38.9. The molecule has 3 aromatic heterocycles. The fourth-order valence-corrected chi connectivity index (χ4v) is 10.4. The van der Waals surface area contributed by atoms with Crippen LogP contribution in [0.5, 0.6) is 0 Å². The van der Waals surface area contributed by atoms with E-state index in [9.17, 15) is 0 Å². The Morgan fingerprint density at radius 1 is 0.271 bits per heavy atom. The third-order valence-corrected chi connectivity index (χ3v) is 13.9. The maximum Gasteiger partial charge on any atom is 0.160 e. The van der Waals surface area contributed by atoms with Gasteiger partial charge in [-0.25, -0.2) is 9.97 Å². The summed E-state index contributed by atoms with van der Waals surface area (Å²) in [6, 6.07) is 87.8. The number of para-hydroxylation sites is 3. The van der Waals surface area contributed by atoms with Crippen molar-refractivity contribution in [3.63, 3.8) is 0 Å². The Hall–Kier alpha value is -9.12. The molecule has 0 fully saturated rings. The highest BCUT2D eigenvalue weighted by Crippen LogP contribution is 2.44. The Balaban J connectivity index is 1.08. The molecule has 0 amide bonds. The molecule has 3 heterocycles. The number of rotatable bonds is 8. The second-order valence-corrected chi connectivity index (χ2v) is 18.3. The second kappa shape index (κ2) is 16.9. The van der Waals surface area contributed by atoms with Gasteiger partial charge in [0, 0.05) is 49.4 Å². The molecule has 330 valence electrons. The Labute approximate surface area is 407 Å². The van der Waals surface area contributed by atoms with E-state index in [1.54, 1.807) is 0 Å². The molecule has 0 bridgehead atoms. The lowest BCUT2D eigenvalue weighted by molar-refractivity contribution is 1.16. The lowest BCUT2D eigenvalue weighted by Gasteiger charge is -2.20. The molecule has 0 atom stereocenters. The Morgan fingerprint density at radius 2 is 0.700 bits per heavy atom. The molecule has 70 heavy (non-hydrogen) atoms. The number of aromatic nitrogens is 4. The largest absolute Gasteiger partial charge is 0.309 e. The number of fused-ring (bicyclic) bond motifs is 6. The first kappa shape index (κ1) is 41.1. The van der Waals surface area contributed by atoms with E-state index in [1.807, 2.05) is 24.3 Å². The molecule has 0 aliphatic carbocycles. The number of aryl methyl sites for hydroxylation is 2. The lowest BCUT2D eigenvalue weighted by Crippen LogP contribution is -2.02. The number of hydrogen-bond acceptors (Lipinski definition) is 2. The Morgan fingerprint density at radius 3 is 1.27 bits per heavy atom. The van der Waals surface area contributed by atoms with Crippen LogP contribution in [0.4, 0.5) is 0 Å². The second-order valence-electron chi connectivity index (χ2n) is 18.3. The topological polar surface area (TPSA) is 35.6 Å². The van der Waals surface area contributed by atoms with Gasteiger partial charge in [-0.3, -0.25) is 0 Å². The van der Waals surface area contributed by atoms with E-state index in [2.05, 4.69) is 241 Å². The molecule has 0 saturated heterocycles. The molecule has 0 unspecified atom stereocenters. The zero-order valence-electron chi connectivity index (χ0n) is 38.9. The maximum atomic E-state index is 5.34. The monoisotopic (exact) mass is 894 g/mol. The van der Waals surface area contributed by atoms with Gasteiger partial charge in [-0.1, -0.05) is 193 Å². The van der Waals surface area contributed by atoms with Gasteiger partial charge < -0.3 is 9.13 Å². The molecule has 0 spiro atoms. The Kier molecular flexibility index (Phi) is 9.91. The van der Waals surface area contributed by atoms with Crippen LogP contribution in [0.3, 0.4) is 0 Å². The first-order valence-corrected chi connectivity index (χ1v) is 24.0. The van der Waals surface area contributed by atoms with Crippen molar-refractivity contribution in [2.75, 3.05) is 0 Å². The molecule has 13 rings (SSSR count). The van der Waals surface area contributed by atoms with Crippen molar-refractivity contribution in [3.8, 4) is 78.7 Å². The third-order valence-electron chi connectivity index (χ3n) is 13.9. The van der Waals surface area contributed by atoms with Crippen molar-refractivity contribution in [1.82, 2.24) is 19.1 Å². The highest BCUT2D eigenvalue weighted by molar-refractivity contribution is 6.13. The van der Waals surface area contributed by atoms with Crippen LogP contribution < -0.4 is 0 Å². The summed E-state index contributed by atoms with van der Waals surface area (Å²) in [5, 5.41) is 4.84. The molecule has 10 aromatic carbocycles. The van der Waals surface area contributed by atoms with Gasteiger partial charge in [-0.15, -0.1) is 0 Å². The van der Waals surface area contributed by atoms with E-state index in [-0.39, 0.29) is 0 Å². The Bertz CT molecular complexity index is 4050. The summed E-state index contributed by atoms with van der Waals surface area (Å²) in [6.45, 7) is 4.28. The number of nitrogens with zero attached hydrogens (tertiary/aromatic N) is 4. The average molecular weight is 895 g/mol. The van der Waals surface area contributed by atoms with Gasteiger partial charge in [0.25, 0.3) is 0 Å². The molecule has 0 N–H and O–H groups in total.